The van der Waals surface area contributed by atoms with Gasteiger partial charge in [-0.3, -0.25) is 9.88 Å². The fourth-order valence-corrected chi connectivity index (χ4v) is 3.17. The smallest absolute Gasteiger partial charge is 0.320 e. The molecule has 0 spiro atoms. The number of aromatic nitrogens is 1. The van der Waals surface area contributed by atoms with Crippen molar-refractivity contribution in [3.05, 3.63) is 60.4 Å². The van der Waals surface area contributed by atoms with E-state index in [-0.39, 0.29) is 12.1 Å². The first-order valence-electron chi connectivity index (χ1n) is 8.46. The van der Waals surface area contributed by atoms with Crippen molar-refractivity contribution in [2.45, 2.75) is 25.9 Å². The van der Waals surface area contributed by atoms with Gasteiger partial charge in [0, 0.05) is 50.3 Å². The molecule has 1 atom stereocenters. The minimum absolute atomic E-state index is 0.0322. The first kappa shape index (κ1) is 16.5. The average molecular weight is 324 g/mol. The summed E-state index contributed by atoms with van der Waals surface area (Å²) in [6.45, 7) is 5.74. The van der Waals surface area contributed by atoms with Crippen molar-refractivity contribution >= 4 is 11.7 Å². The normalized spacial score (nSPS) is 18.9. The molecule has 0 bridgehead atoms. The molecule has 1 aromatic carbocycles. The van der Waals surface area contributed by atoms with Crippen LogP contribution in [0.3, 0.4) is 0 Å². The molecule has 0 radical (unpaired) electrons. The van der Waals surface area contributed by atoms with Crippen LogP contribution in [0.25, 0.3) is 0 Å². The molecule has 1 aliphatic rings. The van der Waals surface area contributed by atoms with E-state index in [0.29, 0.717) is 0 Å². The van der Waals surface area contributed by atoms with Crippen LogP contribution in [0.5, 0.6) is 0 Å². The van der Waals surface area contributed by atoms with E-state index in [1.54, 1.807) is 12.4 Å². The zero-order valence-corrected chi connectivity index (χ0v) is 14.1. The van der Waals surface area contributed by atoms with Crippen molar-refractivity contribution < 1.29 is 4.79 Å². The van der Waals surface area contributed by atoms with Crippen LogP contribution < -0.4 is 5.32 Å². The molecule has 1 N–H and O–H groups in total. The zero-order valence-electron chi connectivity index (χ0n) is 14.1. The third-order valence-electron chi connectivity index (χ3n) is 4.37. The summed E-state index contributed by atoms with van der Waals surface area (Å²) in [6.07, 6.45) is 4.35. The van der Waals surface area contributed by atoms with Gasteiger partial charge in [-0.15, -0.1) is 0 Å². The molecule has 1 aliphatic heterocycles. The fraction of sp³-hybridized carbons (Fsp3) is 0.368. The van der Waals surface area contributed by atoms with E-state index >= 15 is 0 Å². The highest BCUT2D eigenvalue weighted by atomic mass is 16.2. The number of urea groups is 1. The Morgan fingerprint density at radius 1 is 1.17 bits per heavy atom. The van der Waals surface area contributed by atoms with Crippen molar-refractivity contribution in [1.82, 2.24) is 14.8 Å². The lowest BCUT2D eigenvalue weighted by Crippen LogP contribution is -2.44. The van der Waals surface area contributed by atoms with Gasteiger partial charge in [-0.05, 0) is 31.0 Å². The molecular formula is C19H24N4O. The zero-order chi connectivity index (χ0) is 16.8. The number of nitrogens with one attached hydrogen (secondary N) is 1. The number of hydrogen-bond donors (Lipinski definition) is 1. The lowest BCUT2D eigenvalue weighted by atomic mass is 10.2. The molecule has 24 heavy (non-hydrogen) atoms. The average Bonchev–Trinajstić information content (AvgIpc) is 2.78. The summed E-state index contributed by atoms with van der Waals surface area (Å²) in [7, 11) is 0. The Balaban J connectivity index is 1.60. The Bertz CT molecular complexity index is 647. The number of benzene rings is 1. The van der Waals surface area contributed by atoms with Crippen molar-refractivity contribution in [2.75, 3.05) is 25.0 Å². The quantitative estimate of drug-likeness (QED) is 0.943. The Labute approximate surface area is 143 Å². The molecule has 2 amide bonds. The molecule has 1 aromatic heterocycles. The Morgan fingerprint density at radius 3 is 2.67 bits per heavy atom. The van der Waals surface area contributed by atoms with Gasteiger partial charge in [0.15, 0.2) is 0 Å². The molecule has 5 heteroatoms. The minimum Gasteiger partial charge on any atom is -0.320 e. The van der Waals surface area contributed by atoms with Gasteiger partial charge in [0.25, 0.3) is 0 Å². The first-order valence-corrected chi connectivity index (χ1v) is 8.46. The van der Waals surface area contributed by atoms with Crippen LogP contribution >= 0.6 is 0 Å². The van der Waals surface area contributed by atoms with E-state index in [0.717, 1.165) is 38.3 Å². The van der Waals surface area contributed by atoms with Crippen molar-refractivity contribution in [1.29, 1.82) is 0 Å². The van der Waals surface area contributed by atoms with Crippen LogP contribution in [-0.4, -0.2) is 46.5 Å². The number of carbonyl (C=O) groups excluding carboxylic acids is 1. The van der Waals surface area contributed by atoms with Crippen molar-refractivity contribution in [2.24, 2.45) is 0 Å². The number of carbonyl (C=O) groups is 1. The van der Waals surface area contributed by atoms with E-state index in [9.17, 15) is 4.79 Å². The Kier molecular flexibility index (Phi) is 5.43. The molecule has 5 nitrogen and oxygen atoms in total. The summed E-state index contributed by atoms with van der Waals surface area (Å²) in [6, 6.07) is 14.3. The maximum absolute atomic E-state index is 12.6. The molecule has 3 rings (SSSR count). The molecule has 0 aliphatic carbocycles. The molecule has 2 aromatic rings. The summed E-state index contributed by atoms with van der Waals surface area (Å²) in [5.41, 5.74) is 2.10. The summed E-state index contributed by atoms with van der Waals surface area (Å²) in [5.74, 6) is 0. The summed E-state index contributed by atoms with van der Waals surface area (Å²) < 4.78 is 0. The van der Waals surface area contributed by atoms with E-state index in [1.807, 2.05) is 23.1 Å². The van der Waals surface area contributed by atoms with Gasteiger partial charge in [-0.25, -0.2) is 4.79 Å². The summed E-state index contributed by atoms with van der Waals surface area (Å²) in [5, 5.41) is 2.96. The Hall–Kier alpha value is -2.40. The predicted molar refractivity (Wildman–Crippen MR) is 95.8 cm³/mol. The van der Waals surface area contributed by atoms with Crippen LogP contribution in [0.2, 0.25) is 0 Å². The highest BCUT2D eigenvalue weighted by Gasteiger charge is 2.25. The lowest BCUT2D eigenvalue weighted by molar-refractivity contribution is 0.184. The molecule has 1 unspecified atom stereocenters. The number of amides is 2. The van der Waals surface area contributed by atoms with E-state index in [4.69, 9.17) is 0 Å². The second-order valence-corrected chi connectivity index (χ2v) is 6.28. The number of rotatable bonds is 3. The molecule has 1 fully saturated rings. The van der Waals surface area contributed by atoms with E-state index in [2.05, 4.69) is 46.4 Å². The molecule has 1 saturated heterocycles. The number of hydrogen-bond acceptors (Lipinski definition) is 3. The lowest BCUT2D eigenvalue weighted by Gasteiger charge is -2.29. The molecule has 0 saturated carbocycles. The van der Waals surface area contributed by atoms with Gasteiger partial charge in [0.2, 0.25) is 0 Å². The molecule has 2 heterocycles. The van der Waals surface area contributed by atoms with Gasteiger partial charge in [0.1, 0.15) is 0 Å². The number of pyridine rings is 1. The van der Waals surface area contributed by atoms with Gasteiger partial charge in [-0.1, -0.05) is 30.3 Å². The SMILES string of the molecule is CC1CN(Cc2ccccc2)CCCN1C(=O)Nc1ccncc1. The monoisotopic (exact) mass is 324 g/mol. The van der Waals surface area contributed by atoms with Crippen LogP contribution in [0, 0.1) is 0 Å². The minimum atomic E-state index is -0.0322. The predicted octanol–water partition coefficient (Wildman–Crippen LogP) is 3.21. The van der Waals surface area contributed by atoms with Gasteiger partial charge in [0.05, 0.1) is 0 Å². The second kappa shape index (κ2) is 7.93. The second-order valence-electron chi connectivity index (χ2n) is 6.28. The highest BCUT2D eigenvalue weighted by molar-refractivity contribution is 5.89. The topological polar surface area (TPSA) is 48.5 Å². The third-order valence-corrected chi connectivity index (χ3v) is 4.37. The van der Waals surface area contributed by atoms with E-state index < -0.39 is 0 Å². The number of nitrogens with zero attached hydrogens (tertiary/aromatic N) is 3. The largest absolute Gasteiger partial charge is 0.322 e. The van der Waals surface area contributed by atoms with E-state index in [1.165, 1.54) is 5.56 Å². The molecule has 126 valence electrons. The van der Waals surface area contributed by atoms with Crippen LogP contribution in [0.4, 0.5) is 10.5 Å². The highest BCUT2D eigenvalue weighted by Crippen LogP contribution is 2.15. The van der Waals surface area contributed by atoms with Crippen molar-refractivity contribution in [3.8, 4) is 0 Å². The standard InChI is InChI=1S/C19H24N4O/c1-16-14-22(15-17-6-3-2-4-7-17)12-5-13-23(16)19(24)21-18-8-10-20-11-9-18/h2-4,6-11,16H,5,12-15H2,1H3,(H,20,21,24). The number of anilines is 1. The van der Waals surface area contributed by atoms with Gasteiger partial charge in [-0.2, -0.15) is 0 Å². The van der Waals surface area contributed by atoms with Crippen LogP contribution in [-0.2, 0) is 6.54 Å². The van der Waals surface area contributed by atoms with Crippen LogP contribution in [0.1, 0.15) is 18.9 Å². The van der Waals surface area contributed by atoms with Crippen LogP contribution in [0.15, 0.2) is 54.9 Å². The maximum Gasteiger partial charge on any atom is 0.322 e. The van der Waals surface area contributed by atoms with Crippen molar-refractivity contribution in [3.63, 3.8) is 0 Å². The maximum atomic E-state index is 12.6. The third kappa shape index (κ3) is 4.32. The first-order chi connectivity index (χ1) is 11.7. The Morgan fingerprint density at radius 2 is 1.92 bits per heavy atom. The summed E-state index contributed by atoms with van der Waals surface area (Å²) in [4.78, 5) is 20.9. The molecular weight excluding hydrogens is 300 g/mol. The summed E-state index contributed by atoms with van der Waals surface area (Å²) >= 11 is 0. The van der Waals surface area contributed by atoms with Gasteiger partial charge < -0.3 is 10.2 Å². The fourth-order valence-electron chi connectivity index (χ4n) is 3.17. The van der Waals surface area contributed by atoms with Gasteiger partial charge >= 0.3 is 6.03 Å².